The van der Waals surface area contributed by atoms with Crippen LogP contribution in [0.1, 0.15) is 24.8 Å². The normalized spacial score (nSPS) is 28.5. The lowest BCUT2D eigenvalue weighted by atomic mass is 10.0. The van der Waals surface area contributed by atoms with Crippen LogP contribution in [-0.4, -0.2) is 16.2 Å². The van der Waals surface area contributed by atoms with Crippen LogP contribution in [0.25, 0.3) is 0 Å². The van der Waals surface area contributed by atoms with Gasteiger partial charge in [0.2, 0.25) is 5.78 Å². The zero-order valence-corrected chi connectivity index (χ0v) is 8.34. The van der Waals surface area contributed by atoms with Gasteiger partial charge in [0.05, 0.1) is 5.92 Å². The predicted octanol–water partition coefficient (Wildman–Crippen LogP) is 1.78. The lowest BCUT2D eigenvalue weighted by Crippen LogP contribution is -2.31. The molecule has 0 saturated heterocycles. The number of carbonyl (C=O) groups excluding carboxylic acids is 1. The Labute approximate surface area is 87.1 Å². The molecule has 0 N–H and O–H groups in total. The highest BCUT2D eigenvalue weighted by molar-refractivity contribution is 5.89. The number of nitro groups is 1. The van der Waals surface area contributed by atoms with Gasteiger partial charge < -0.3 is 0 Å². The van der Waals surface area contributed by atoms with E-state index in [-0.39, 0.29) is 11.7 Å². The third-order valence-corrected chi connectivity index (χ3v) is 3.07. The number of ketones is 1. The predicted molar refractivity (Wildman–Crippen MR) is 54.2 cm³/mol. The molecule has 1 fully saturated rings. The van der Waals surface area contributed by atoms with E-state index < -0.39 is 10.5 Å². The Bertz CT molecular complexity index is 399. The van der Waals surface area contributed by atoms with Crippen LogP contribution in [0.2, 0.25) is 0 Å². The van der Waals surface area contributed by atoms with Crippen molar-refractivity contribution in [2.24, 2.45) is 0 Å². The molecule has 0 heterocycles. The van der Waals surface area contributed by atoms with Crippen LogP contribution < -0.4 is 0 Å². The van der Waals surface area contributed by atoms with Crippen molar-refractivity contribution in [1.29, 1.82) is 0 Å². The summed E-state index contributed by atoms with van der Waals surface area (Å²) < 4.78 is 0. The van der Waals surface area contributed by atoms with E-state index in [0.717, 1.165) is 5.56 Å². The molecule has 0 bridgehead atoms. The van der Waals surface area contributed by atoms with Gasteiger partial charge in [-0.05, 0) is 5.56 Å². The smallest absolute Gasteiger partial charge is 0.286 e. The fraction of sp³-hybridized carbons (Fsp3) is 0.364. The summed E-state index contributed by atoms with van der Waals surface area (Å²) in [7, 11) is 0. The first-order chi connectivity index (χ1) is 7.09. The Hall–Kier alpha value is -1.71. The summed E-state index contributed by atoms with van der Waals surface area (Å²) in [5.41, 5.74) is -0.467. The molecule has 1 unspecified atom stereocenters. The molecule has 15 heavy (non-hydrogen) atoms. The number of nitrogens with zero attached hydrogens (tertiary/aromatic N) is 1. The van der Waals surface area contributed by atoms with Gasteiger partial charge in [0.25, 0.3) is 5.54 Å². The second kappa shape index (κ2) is 3.15. The molecule has 1 aliphatic carbocycles. The minimum absolute atomic E-state index is 0.244. The highest BCUT2D eigenvalue weighted by Crippen LogP contribution is 2.54. The van der Waals surface area contributed by atoms with Gasteiger partial charge in [-0.3, -0.25) is 14.9 Å². The van der Waals surface area contributed by atoms with Gasteiger partial charge in [-0.15, -0.1) is 0 Å². The number of hydrogen-bond acceptors (Lipinski definition) is 3. The topological polar surface area (TPSA) is 60.2 Å². The third-order valence-electron chi connectivity index (χ3n) is 3.07. The SMILES string of the molecule is CC(=O)[C@]1([N+](=O)[O-])CC1c1ccccc1. The van der Waals surface area contributed by atoms with Gasteiger partial charge in [0.15, 0.2) is 0 Å². The van der Waals surface area contributed by atoms with E-state index in [0.29, 0.717) is 6.42 Å². The van der Waals surface area contributed by atoms with Gasteiger partial charge in [0.1, 0.15) is 0 Å². The Kier molecular flexibility index (Phi) is 2.07. The van der Waals surface area contributed by atoms with Crippen molar-refractivity contribution < 1.29 is 9.72 Å². The monoisotopic (exact) mass is 205 g/mol. The van der Waals surface area contributed by atoms with Crippen molar-refractivity contribution >= 4 is 5.78 Å². The van der Waals surface area contributed by atoms with E-state index >= 15 is 0 Å². The van der Waals surface area contributed by atoms with Crippen molar-refractivity contribution in [2.45, 2.75) is 24.8 Å². The van der Waals surface area contributed by atoms with Crippen molar-refractivity contribution in [2.75, 3.05) is 0 Å². The van der Waals surface area contributed by atoms with Gasteiger partial charge in [-0.25, -0.2) is 0 Å². The van der Waals surface area contributed by atoms with Crippen LogP contribution in [-0.2, 0) is 4.79 Å². The van der Waals surface area contributed by atoms with E-state index in [1.165, 1.54) is 6.92 Å². The highest BCUT2D eigenvalue weighted by atomic mass is 16.6. The van der Waals surface area contributed by atoms with Gasteiger partial charge in [-0.1, -0.05) is 30.3 Å². The minimum Gasteiger partial charge on any atom is -0.292 e. The van der Waals surface area contributed by atoms with Crippen LogP contribution >= 0.6 is 0 Å². The molecular formula is C11H11NO3. The maximum absolute atomic E-state index is 11.3. The average Bonchev–Trinajstić information content (AvgIpc) is 2.95. The summed E-state index contributed by atoms with van der Waals surface area (Å²) in [6.45, 7) is 1.30. The van der Waals surface area contributed by atoms with Crippen LogP contribution in [0, 0.1) is 10.1 Å². The maximum atomic E-state index is 11.3. The van der Waals surface area contributed by atoms with E-state index in [4.69, 9.17) is 0 Å². The number of rotatable bonds is 3. The van der Waals surface area contributed by atoms with Crippen molar-refractivity contribution in [3.05, 3.63) is 46.0 Å². The van der Waals surface area contributed by atoms with E-state index in [9.17, 15) is 14.9 Å². The molecule has 78 valence electrons. The fourth-order valence-corrected chi connectivity index (χ4v) is 2.05. The zero-order chi connectivity index (χ0) is 11.1. The molecule has 1 aromatic carbocycles. The van der Waals surface area contributed by atoms with Crippen molar-refractivity contribution in [1.82, 2.24) is 0 Å². The van der Waals surface area contributed by atoms with Crippen LogP contribution in [0.3, 0.4) is 0 Å². The molecule has 0 aromatic heterocycles. The largest absolute Gasteiger partial charge is 0.292 e. The molecule has 1 aromatic rings. The molecule has 4 heteroatoms. The minimum atomic E-state index is -1.35. The Balaban J connectivity index is 2.31. The molecular weight excluding hydrogens is 194 g/mol. The molecule has 2 atom stereocenters. The first kappa shape index (κ1) is 9.83. The fourth-order valence-electron chi connectivity index (χ4n) is 2.05. The standard InChI is InChI=1S/C11H11NO3/c1-8(13)11(12(14)15)7-10(11)9-5-3-2-4-6-9/h2-6,10H,7H2,1H3/t10?,11-/m1/s1. The van der Waals surface area contributed by atoms with Crippen LogP contribution in [0.15, 0.2) is 30.3 Å². The molecule has 0 amide bonds. The number of carbonyl (C=O) groups is 1. The van der Waals surface area contributed by atoms with Crippen molar-refractivity contribution in [3.63, 3.8) is 0 Å². The maximum Gasteiger partial charge on any atom is 0.286 e. The quantitative estimate of drug-likeness (QED) is 0.558. The molecule has 2 rings (SSSR count). The van der Waals surface area contributed by atoms with E-state index in [1.54, 1.807) is 0 Å². The van der Waals surface area contributed by atoms with Gasteiger partial charge >= 0.3 is 0 Å². The lowest BCUT2D eigenvalue weighted by Gasteiger charge is -2.04. The molecule has 4 nitrogen and oxygen atoms in total. The molecule has 0 radical (unpaired) electrons. The molecule has 0 spiro atoms. The summed E-state index contributed by atoms with van der Waals surface area (Å²) >= 11 is 0. The van der Waals surface area contributed by atoms with Crippen LogP contribution in [0.5, 0.6) is 0 Å². The third kappa shape index (κ3) is 1.33. The van der Waals surface area contributed by atoms with Gasteiger partial charge in [-0.2, -0.15) is 0 Å². The number of benzene rings is 1. The second-order valence-electron chi connectivity index (χ2n) is 3.90. The summed E-state index contributed by atoms with van der Waals surface area (Å²) in [6.07, 6.45) is 0.333. The van der Waals surface area contributed by atoms with E-state index in [2.05, 4.69) is 0 Å². The molecule has 0 aliphatic heterocycles. The Morgan fingerprint density at radius 3 is 2.47 bits per heavy atom. The summed E-state index contributed by atoms with van der Waals surface area (Å²) in [6, 6.07) is 9.18. The first-order valence-corrected chi connectivity index (χ1v) is 4.79. The number of Topliss-reactive ketones (excluding diaryl/α,β-unsaturated/α-hetero) is 1. The second-order valence-corrected chi connectivity index (χ2v) is 3.90. The lowest BCUT2D eigenvalue weighted by molar-refractivity contribution is -0.523. The number of hydrogen-bond donors (Lipinski definition) is 0. The Morgan fingerprint density at radius 1 is 1.47 bits per heavy atom. The first-order valence-electron chi connectivity index (χ1n) is 4.79. The molecule has 1 saturated carbocycles. The zero-order valence-electron chi connectivity index (χ0n) is 8.34. The Morgan fingerprint density at radius 2 is 2.07 bits per heavy atom. The summed E-state index contributed by atoms with van der Waals surface area (Å²) in [5.74, 6) is -0.590. The summed E-state index contributed by atoms with van der Waals surface area (Å²) in [5, 5.41) is 10.9. The van der Waals surface area contributed by atoms with Gasteiger partial charge in [0, 0.05) is 18.3 Å². The van der Waals surface area contributed by atoms with Crippen LogP contribution in [0.4, 0.5) is 0 Å². The average molecular weight is 205 g/mol. The molecule has 1 aliphatic rings. The highest BCUT2D eigenvalue weighted by Gasteiger charge is 2.70. The van der Waals surface area contributed by atoms with Crippen molar-refractivity contribution in [3.8, 4) is 0 Å². The van der Waals surface area contributed by atoms with E-state index in [1.807, 2.05) is 30.3 Å². The summed E-state index contributed by atoms with van der Waals surface area (Å²) in [4.78, 5) is 21.8.